The normalized spacial score (nSPS) is 12.2. The van der Waals surface area contributed by atoms with E-state index in [1.54, 1.807) is 0 Å². The maximum atomic E-state index is 5.19. The Bertz CT molecular complexity index is 9500. The van der Waals surface area contributed by atoms with Crippen LogP contribution in [0.3, 0.4) is 0 Å². The van der Waals surface area contributed by atoms with Crippen LogP contribution in [0.25, 0.3) is 275 Å². The number of hydrogen-bond donors (Lipinski definition) is 0. The van der Waals surface area contributed by atoms with Crippen molar-refractivity contribution in [1.29, 1.82) is 0 Å². The molecule has 0 unspecified atom stereocenters. The molecule has 7 heteroatoms. The van der Waals surface area contributed by atoms with Crippen molar-refractivity contribution in [3.63, 3.8) is 0 Å². The average molecular weight is 1620 g/mol. The summed E-state index contributed by atoms with van der Waals surface area (Å²) in [5, 5.41) is 25.9. The van der Waals surface area contributed by atoms with Crippen LogP contribution in [-0.4, -0.2) is 33.2 Å². The van der Waals surface area contributed by atoms with Crippen molar-refractivity contribution in [2.75, 3.05) is 0 Å². The Morgan fingerprint density at radius 1 is 0.164 bits per heavy atom. The highest BCUT2D eigenvalue weighted by Gasteiger charge is 2.28. The van der Waals surface area contributed by atoms with Crippen molar-refractivity contribution in [2.24, 2.45) is 0 Å². The van der Waals surface area contributed by atoms with E-state index < -0.39 is 0 Å². The van der Waals surface area contributed by atoms with E-state index in [0.29, 0.717) is 0 Å². The molecule has 7 nitrogen and oxygen atoms in total. The summed E-state index contributed by atoms with van der Waals surface area (Å²) in [6.45, 7) is 0. The molecule has 2 aliphatic carbocycles. The standard InChI is InChI=1S/C62H36N4.C59H35N3/c1-2-11-45(12-3-1)65-56-20-9-7-16-52(56)59-47-29-26-39(31-42(47)27-30-57(59)65)37-21-22-41-36-58-53(35-44(41)33-37)49-14-6-8-19-55(49)66(58)46-28-25-38-32-43(24-23-40(38)34-46)62-63-54-18-10-17-50-48-13-4-5-15-51(48)61(64-62)60(50)54;1-2-13-42(14-3-1)61-54-23-9-7-19-49(54)58-44-28-26-37(30-39(44)27-29-55(58)61)36-24-25-38-34-56-51(33-41(38)31-36)47-18-6-8-22-53(47)62(56)43-15-10-12-40(32-43)59-50-21-11-20-48-45-16-4-5-17-46(45)52(35-60-59)57(48)50/h1-36H;1-35H. The van der Waals surface area contributed by atoms with Crippen LogP contribution in [0.4, 0.5) is 0 Å². The Morgan fingerprint density at radius 2 is 0.562 bits per heavy atom. The van der Waals surface area contributed by atoms with Crippen molar-refractivity contribution < 1.29 is 0 Å². The Hall–Kier alpha value is -17.1. The molecule has 0 amide bonds. The molecule has 6 heterocycles. The number of para-hydroxylation sites is 6. The van der Waals surface area contributed by atoms with Crippen LogP contribution in [0.2, 0.25) is 0 Å². The van der Waals surface area contributed by atoms with E-state index in [4.69, 9.17) is 15.0 Å². The van der Waals surface area contributed by atoms with Crippen molar-refractivity contribution in [3.8, 4) is 112 Å². The highest BCUT2D eigenvalue weighted by Crippen LogP contribution is 2.52. The van der Waals surface area contributed by atoms with Gasteiger partial charge >= 0.3 is 0 Å². The molecule has 0 radical (unpaired) electrons. The molecule has 2 aliphatic rings. The van der Waals surface area contributed by atoms with Crippen LogP contribution in [0.1, 0.15) is 0 Å². The van der Waals surface area contributed by atoms with Gasteiger partial charge in [0.1, 0.15) is 0 Å². The Balaban J connectivity index is 0.000000130. The van der Waals surface area contributed by atoms with E-state index in [2.05, 4.69) is 449 Å². The molecular formula is C121H71N7. The number of rotatable bonds is 8. The minimum atomic E-state index is 0.750. The van der Waals surface area contributed by atoms with E-state index in [1.807, 2.05) is 0 Å². The van der Waals surface area contributed by atoms with Gasteiger partial charge in [0.15, 0.2) is 5.82 Å². The first-order chi connectivity index (χ1) is 63.4. The molecule has 0 spiro atoms. The zero-order chi connectivity index (χ0) is 83.5. The van der Waals surface area contributed by atoms with E-state index in [0.717, 1.165) is 56.0 Å². The molecule has 21 aromatic carbocycles. The Labute approximate surface area is 734 Å². The van der Waals surface area contributed by atoms with Gasteiger partial charge in [-0.3, -0.25) is 4.98 Å². The molecule has 29 rings (SSSR count). The van der Waals surface area contributed by atoms with Crippen molar-refractivity contribution in [2.45, 2.75) is 0 Å². The summed E-state index contributed by atoms with van der Waals surface area (Å²) in [5.74, 6) is 0.750. The van der Waals surface area contributed by atoms with Gasteiger partial charge in [0.05, 0.1) is 61.0 Å². The van der Waals surface area contributed by atoms with Gasteiger partial charge in [-0.1, -0.05) is 279 Å². The molecule has 0 N–H and O–H groups in total. The number of aromatic nitrogens is 7. The van der Waals surface area contributed by atoms with E-state index in [1.165, 1.54) is 219 Å². The zero-order valence-corrected chi connectivity index (χ0v) is 69.1. The van der Waals surface area contributed by atoms with Crippen LogP contribution < -0.4 is 0 Å². The van der Waals surface area contributed by atoms with Crippen molar-refractivity contribution >= 4 is 163 Å². The van der Waals surface area contributed by atoms with E-state index in [-0.39, 0.29) is 0 Å². The van der Waals surface area contributed by atoms with Crippen LogP contribution in [0.15, 0.2) is 431 Å². The van der Waals surface area contributed by atoms with Gasteiger partial charge < -0.3 is 18.3 Å². The average Bonchev–Trinajstić information content (AvgIpc) is 1.60. The maximum absolute atomic E-state index is 5.19. The Morgan fingerprint density at radius 3 is 1.15 bits per heavy atom. The molecule has 128 heavy (non-hydrogen) atoms. The monoisotopic (exact) mass is 1620 g/mol. The lowest BCUT2D eigenvalue weighted by molar-refractivity contribution is 1.18. The molecule has 0 fully saturated rings. The molecule has 0 atom stereocenters. The molecular weight excluding hydrogens is 1550 g/mol. The lowest BCUT2D eigenvalue weighted by Gasteiger charge is -2.13. The topological polar surface area (TPSA) is 58.4 Å². The van der Waals surface area contributed by atoms with Crippen molar-refractivity contribution in [3.05, 3.63) is 431 Å². The number of pyridine rings is 1. The quantitative estimate of drug-likeness (QED) is 0.152. The predicted octanol–water partition coefficient (Wildman–Crippen LogP) is 32.0. The third-order valence-corrected chi connectivity index (χ3v) is 27.6. The maximum Gasteiger partial charge on any atom is 0.160 e. The second-order valence-electron chi connectivity index (χ2n) is 34.5. The second kappa shape index (κ2) is 27.2. The van der Waals surface area contributed by atoms with Crippen LogP contribution in [0.5, 0.6) is 0 Å². The highest BCUT2D eigenvalue weighted by atomic mass is 15.0. The molecule has 0 bridgehead atoms. The van der Waals surface area contributed by atoms with Crippen molar-refractivity contribution in [1.82, 2.24) is 33.2 Å². The van der Waals surface area contributed by atoms with Gasteiger partial charge in [0.25, 0.3) is 0 Å². The largest absolute Gasteiger partial charge is 0.309 e. The van der Waals surface area contributed by atoms with E-state index in [9.17, 15) is 0 Å². The fraction of sp³-hybridized carbons (Fsp3) is 0. The second-order valence-corrected chi connectivity index (χ2v) is 34.5. The number of nitrogens with zero attached hydrogens (tertiary/aromatic N) is 7. The van der Waals surface area contributed by atoms with Gasteiger partial charge in [-0.15, -0.1) is 0 Å². The highest BCUT2D eigenvalue weighted by molar-refractivity contribution is 6.25. The SMILES string of the molecule is c1ccc(-n2c3ccccc3c3c4ccc(-c5ccc6cc7c(cc6c5)c5ccccc5n7-c5ccc6cc(-c7nc8c9c(cccc9n7)-c7ccccc7-8)ccc6c5)cc4ccc32)cc1.c1ccc(-n2c3ccccc3c3c4ccc(-c5ccc6cc7c(cc6c5)c5ccccc5n7-c5cccc(-c6ncc7c8c(cccc68)-c6ccccc6-7)c5)cc4ccc32)cc1. The molecule has 27 aromatic rings. The summed E-state index contributed by atoms with van der Waals surface area (Å²) in [5.41, 5.74) is 32.9. The summed E-state index contributed by atoms with van der Waals surface area (Å²) in [4.78, 5) is 15.4. The minimum Gasteiger partial charge on any atom is -0.309 e. The lowest BCUT2D eigenvalue weighted by Crippen LogP contribution is -1.95. The molecule has 0 saturated carbocycles. The zero-order valence-electron chi connectivity index (χ0n) is 69.1. The molecule has 0 saturated heterocycles. The van der Waals surface area contributed by atoms with Gasteiger partial charge in [-0.2, -0.15) is 0 Å². The van der Waals surface area contributed by atoms with Gasteiger partial charge in [-0.05, 0) is 250 Å². The summed E-state index contributed by atoms with van der Waals surface area (Å²) in [6, 6.07) is 156. The summed E-state index contributed by atoms with van der Waals surface area (Å²) in [6.07, 6.45) is 2.07. The fourth-order valence-electron chi connectivity index (χ4n) is 21.9. The smallest absolute Gasteiger partial charge is 0.160 e. The van der Waals surface area contributed by atoms with Gasteiger partial charge in [0.2, 0.25) is 0 Å². The van der Waals surface area contributed by atoms with Gasteiger partial charge in [-0.25, -0.2) is 9.97 Å². The first-order valence-corrected chi connectivity index (χ1v) is 44.0. The van der Waals surface area contributed by atoms with Crippen LogP contribution in [0, 0.1) is 0 Å². The lowest BCUT2D eigenvalue weighted by atomic mass is 9.96. The summed E-state index contributed by atoms with van der Waals surface area (Å²) < 4.78 is 9.63. The number of fused-ring (bicyclic) bond motifs is 25. The van der Waals surface area contributed by atoms with Crippen LogP contribution in [-0.2, 0) is 0 Å². The number of benzene rings is 21. The fourth-order valence-corrected chi connectivity index (χ4v) is 21.9. The third kappa shape index (κ3) is 10.5. The molecule has 6 aromatic heterocycles. The molecule has 590 valence electrons. The Kier molecular flexibility index (Phi) is 15.0. The predicted molar refractivity (Wildman–Crippen MR) is 537 cm³/mol. The van der Waals surface area contributed by atoms with E-state index >= 15 is 0 Å². The first kappa shape index (κ1) is 70.4. The first-order valence-electron chi connectivity index (χ1n) is 44.0. The summed E-state index contributed by atoms with van der Waals surface area (Å²) in [7, 11) is 0. The number of hydrogen-bond acceptors (Lipinski definition) is 3. The van der Waals surface area contributed by atoms with Gasteiger partial charge in [0, 0.05) is 110 Å². The third-order valence-electron chi connectivity index (χ3n) is 27.6. The minimum absolute atomic E-state index is 0.750. The summed E-state index contributed by atoms with van der Waals surface area (Å²) >= 11 is 0. The van der Waals surface area contributed by atoms with Crippen LogP contribution >= 0.6 is 0 Å². The molecule has 0 aliphatic heterocycles.